The highest BCUT2D eigenvalue weighted by Crippen LogP contribution is 2.35. The first-order chi connectivity index (χ1) is 8.43. The molecule has 6 heteroatoms. The summed E-state index contributed by atoms with van der Waals surface area (Å²) in [5.74, 6) is -3.63. The normalized spacial score (nSPS) is 10.4. The standard InChI is InChI=1S/C12H8O6/c13-9-5-1-3-7(11(15)16)10(14)6(5)2-4-8(9)12(17)18/h1-4,13-14H,(H,15,16)(H,17,18). The zero-order valence-corrected chi connectivity index (χ0v) is 8.91. The maximum atomic E-state index is 10.8. The Balaban J connectivity index is 2.83. The highest BCUT2D eigenvalue weighted by atomic mass is 16.4. The van der Waals surface area contributed by atoms with Crippen LogP contribution in [-0.2, 0) is 0 Å². The Bertz CT molecular complexity index is 615. The van der Waals surface area contributed by atoms with Gasteiger partial charge in [-0.1, -0.05) is 0 Å². The molecule has 0 amide bonds. The van der Waals surface area contributed by atoms with Gasteiger partial charge < -0.3 is 20.4 Å². The summed E-state index contributed by atoms with van der Waals surface area (Å²) in [7, 11) is 0. The molecule has 0 radical (unpaired) electrons. The van der Waals surface area contributed by atoms with Gasteiger partial charge in [0, 0.05) is 10.8 Å². The fraction of sp³-hybridized carbons (Fsp3) is 0. The number of carbonyl (C=O) groups is 2. The molecule has 0 unspecified atom stereocenters. The summed E-state index contributed by atoms with van der Waals surface area (Å²) in [6.07, 6.45) is 0. The third-order valence-corrected chi connectivity index (χ3v) is 2.60. The summed E-state index contributed by atoms with van der Waals surface area (Å²) in [6.45, 7) is 0. The monoisotopic (exact) mass is 248 g/mol. The van der Waals surface area contributed by atoms with E-state index in [1.807, 2.05) is 0 Å². The molecule has 2 aromatic carbocycles. The number of carboxylic acid groups (broad SMARTS) is 2. The van der Waals surface area contributed by atoms with Gasteiger partial charge in [-0.3, -0.25) is 0 Å². The van der Waals surface area contributed by atoms with Crippen molar-refractivity contribution in [3.05, 3.63) is 35.4 Å². The van der Waals surface area contributed by atoms with E-state index in [1.165, 1.54) is 12.1 Å². The minimum atomic E-state index is -1.31. The Morgan fingerprint density at radius 2 is 1.06 bits per heavy atom. The summed E-state index contributed by atoms with van der Waals surface area (Å²) in [4.78, 5) is 21.6. The highest BCUT2D eigenvalue weighted by molar-refractivity contribution is 6.06. The molecule has 92 valence electrons. The molecule has 4 N–H and O–H groups in total. The van der Waals surface area contributed by atoms with Crippen molar-refractivity contribution in [1.29, 1.82) is 0 Å². The molecule has 2 aromatic rings. The van der Waals surface area contributed by atoms with Gasteiger partial charge in [0.05, 0.1) is 0 Å². The van der Waals surface area contributed by atoms with E-state index in [0.717, 1.165) is 12.1 Å². The molecule has 2 rings (SSSR count). The van der Waals surface area contributed by atoms with Crippen LogP contribution in [0.3, 0.4) is 0 Å². The molecule has 0 aliphatic rings. The summed E-state index contributed by atoms with van der Waals surface area (Å²) in [5.41, 5.74) is -0.630. The zero-order valence-electron chi connectivity index (χ0n) is 8.91. The van der Waals surface area contributed by atoms with Gasteiger partial charge in [-0.2, -0.15) is 0 Å². The largest absolute Gasteiger partial charge is 0.506 e. The molecule has 0 aliphatic heterocycles. The van der Waals surface area contributed by atoms with Crippen molar-refractivity contribution in [2.24, 2.45) is 0 Å². The zero-order chi connectivity index (χ0) is 13.4. The minimum Gasteiger partial charge on any atom is -0.506 e. The molecule has 0 bridgehead atoms. The lowest BCUT2D eigenvalue weighted by Crippen LogP contribution is -1.99. The van der Waals surface area contributed by atoms with Gasteiger partial charge in [0.2, 0.25) is 0 Å². The van der Waals surface area contributed by atoms with Crippen molar-refractivity contribution >= 4 is 22.7 Å². The van der Waals surface area contributed by atoms with Gasteiger partial charge in [0.15, 0.2) is 0 Å². The van der Waals surface area contributed by atoms with Crippen LogP contribution in [-0.4, -0.2) is 32.4 Å². The van der Waals surface area contributed by atoms with Crippen LogP contribution in [0.15, 0.2) is 24.3 Å². The topological polar surface area (TPSA) is 115 Å². The predicted molar refractivity (Wildman–Crippen MR) is 61.2 cm³/mol. The quantitative estimate of drug-likeness (QED) is 0.642. The fourth-order valence-corrected chi connectivity index (χ4v) is 1.72. The Labute approximate surface area is 100 Å². The number of aromatic hydroxyl groups is 2. The first kappa shape index (κ1) is 11.7. The Morgan fingerprint density at radius 3 is 1.33 bits per heavy atom. The van der Waals surface area contributed by atoms with Crippen molar-refractivity contribution in [3.63, 3.8) is 0 Å². The van der Waals surface area contributed by atoms with Crippen molar-refractivity contribution in [1.82, 2.24) is 0 Å². The van der Waals surface area contributed by atoms with Gasteiger partial charge in [0.1, 0.15) is 22.6 Å². The summed E-state index contributed by atoms with van der Waals surface area (Å²) < 4.78 is 0. The lowest BCUT2D eigenvalue weighted by Gasteiger charge is -2.08. The Hall–Kier alpha value is -2.76. The summed E-state index contributed by atoms with van der Waals surface area (Å²) in [6, 6.07) is 4.71. The van der Waals surface area contributed by atoms with E-state index in [-0.39, 0.29) is 21.9 Å². The lowest BCUT2D eigenvalue weighted by atomic mass is 10.0. The van der Waals surface area contributed by atoms with Crippen molar-refractivity contribution < 1.29 is 30.0 Å². The second-order valence-electron chi connectivity index (χ2n) is 3.63. The van der Waals surface area contributed by atoms with Crippen LogP contribution in [0.1, 0.15) is 20.7 Å². The van der Waals surface area contributed by atoms with Crippen LogP contribution in [0.2, 0.25) is 0 Å². The number of rotatable bonds is 2. The molecule has 0 atom stereocenters. The van der Waals surface area contributed by atoms with E-state index < -0.39 is 23.4 Å². The average Bonchev–Trinajstić information content (AvgIpc) is 2.29. The van der Waals surface area contributed by atoms with Crippen LogP contribution in [0.25, 0.3) is 10.8 Å². The molecule has 0 aliphatic carbocycles. The third kappa shape index (κ3) is 1.60. The van der Waals surface area contributed by atoms with E-state index in [2.05, 4.69) is 0 Å². The average molecular weight is 248 g/mol. The maximum Gasteiger partial charge on any atom is 0.339 e. The number of phenols is 2. The molecule has 6 nitrogen and oxygen atoms in total. The first-order valence-corrected chi connectivity index (χ1v) is 4.87. The third-order valence-electron chi connectivity index (χ3n) is 2.60. The first-order valence-electron chi connectivity index (χ1n) is 4.87. The van der Waals surface area contributed by atoms with E-state index >= 15 is 0 Å². The molecule has 0 aromatic heterocycles. The van der Waals surface area contributed by atoms with Gasteiger partial charge >= 0.3 is 11.9 Å². The molecule has 0 spiro atoms. The number of aromatic carboxylic acids is 2. The number of benzene rings is 2. The van der Waals surface area contributed by atoms with E-state index in [0.29, 0.717) is 0 Å². The van der Waals surface area contributed by atoms with E-state index in [4.69, 9.17) is 10.2 Å². The molecule has 0 heterocycles. The number of fused-ring (bicyclic) bond motifs is 1. The van der Waals surface area contributed by atoms with Crippen LogP contribution >= 0.6 is 0 Å². The van der Waals surface area contributed by atoms with Crippen molar-refractivity contribution in [2.75, 3.05) is 0 Å². The predicted octanol–water partition coefficient (Wildman–Crippen LogP) is 1.65. The lowest BCUT2D eigenvalue weighted by molar-refractivity contribution is 0.0682. The van der Waals surface area contributed by atoms with Crippen LogP contribution in [0.5, 0.6) is 11.5 Å². The number of carboxylic acids is 2. The van der Waals surface area contributed by atoms with Crippen LogP contribution in [0, 0.1) is 0 Å². The fourth-order valence-electron chi connectivity index (χ4n) is 1.72. The summed E-state index contributed by atoms with van der Waals surface area (Å²) >= 11 is 0. The maximum absolute atomic E-state index is 10.8. The smallest absolute Gasteiger partial charge is 0.339 e. The molecule has 0 saturated carbocycles. The minimum absolute atomic E-state index is 0.0809. The molecule has 0 fully saturated rings. The summed E-state index contributed by atoms with van der Waals surface area (Å²) in [5, 5.41) is 37.3. The van der Waals surface area contributed by atoms with Gasteiger partial charge in [-0.15, -0.1) is 0 Å². The Morgan fingerprint density at radius 1 is 0.722 bits per heavy atom. The molecular weight excluding hydrogens is 240 g/mol. The van der Waals surface area contributed by atoms with Crippen LogP contribution < -0.4 is 0 Å². The van der Waals surface area contributed by atoms with Crippen molar-refractivity contribution in [3.8, 4) is 11.5 Å². The number of hydrogen-bond donors (Lipinski definition) is 4. The Kier molecular flexibility index (Phi) is 2.55. The van der Waals surface area contributed by atoms with E-state index in [9.17, 15) is 19.8 Å². The van der Waals surface area contributed by atoms with Gasteiger partial charge in [0.25, 0.3) is 0 Å². The molecule has 0 saturated heterocycles. The van der Waals surface area contributed by atoms with Crippen molar-refractivity contribution in [2.45, 2.75) is 0 Å². The van der Waals surface area contributed by atoms with Gasteiger partial charge in [-0.05, 0) is 24.3 Å². The number of hydrogen-bond acceptors (Lipinski definition) is 4. The molecule has 18 heavy (non-hydrogen) atoms. The highest BCUT2D eigenvalue weighted by Gasteiger charge is 2.18. The van der Waals surface area contributed by atoms with Crippen LogP contribution in [0.4, 0.5) is 0 Å². The SMILES string of the molecule is O=C(O)c1ccc2c(O)c(C(=O)O)ccc2c1O. The van der Waals surface area contributed by atoms with Gasteiger partial charge in [-0.25, -0.2) is 9.59 Å². The second kappa shape index (κ2) is 3.92. The van der Waals surface area contributed by atoms with E-state index in [1.54, 1.807) is 0 Å². The molecular formula is C12H8O6. The second-order valence-corrected chi connectivity index (χ2v) is 3.63.